The Morgan fingerprint density at radius 1 is 1.30 bits per heavy atom. The largest absolute Gasteiger partial charge is 0.325 e. The number of hydrogen-bond donors (Lipinski definition) is 2. The average Bonchev–Trinajstić information content (AvgIpc) is 2.59. The first-order chi connectivity index (χ1) is 11.1. The summed E-state index contributed by atoms with van der Waals surface area (Å²) in [7, 11) is 0. The topological polar surface area (TPSA) is 68.0 Å². The molecule has 0 aliphatic heterocycles. The Bertz CT molecular complexity index is 633. The van der Waals surface area contributed by atoms with Crippen molar-refractivity contribution in [3.8, 4) is 0 Å². The molecular formula is C18H23N3OS. The second-order valence-corrected chi connectivity index (χ2v) is 6.55. The van der Waals surface area contributed by atoms with Crippen LogP contribution in [0.25, 0.3) is 0 Å². The summed E-state index contributed by atoms with van der Waals surface area (Å²) in [5, 5.41) is 3.89. The van der Waals surface area contributed by atoms with E-state index in [0.29, 0.717) is 0 Å². The molecule has 2 aromatic rings. The third-order valence-electron chi connectivity index (χ3n) is 3.78. The lowest BCUT2D eigenvalue weighted by molar-refractivity contribution is -0.118. The summed E-state index contributed by atoms with van der Waals surface area (Å²) < 4.78 is 0. The molecule has 1 aromatic heterocycles. The average molecular weight is 329 g/mol. The SMILES string of the molecule is CCC(C)C(N)C(=O)Nc1cccc(CSc2ccccn2)c1. The number of benzene rings is 1. The second kappa shape index (κ2) is 8.70. The predicted octanol–water partition coefficient (Wildman–Crippen LogP) is 3.69. The van der Waals surface area contributed by atoms with Crippen LogP contribution < -0.4 is 11.1 Å². The van der Waals surface area contributed by atoms with Gasteiger partial charge in [0.25, 0.3) is 0 Å². The van der Waals surface area contributed by atoms with E-state index in [1.807, 2.05) is 56.3 Å². The quantitative estimate of drug-likeness (QED) is 0.760. The third kappa shape index (κ3) is 5.37. The molecule has 1 heterocycles. The lowest BCUT2D eigenvalue weighted by Gasteiger charge is -2.18. The smallest absolute Gasteiger partial charge is 0.241 e. The molecule has 122 valence electrons. The van der Waals surface area contributed by atoms with Crippen molar-refractivity contribution in [3.05, 3.63) is 54.2 Å². The Morgan fingerprint density at radius 3 is 2.83 bits per heavy atom. The molecule has 23 heavy (non-hydrogen) atoms. The van der Waals surface area contributed by atoms with E-state index < -0.39 is 6.04 Å². The number of aromatic nitrogens is 1. The van der Waals surface area contributed by atoms with E-state index in [1.54, 1.807) is 18.0 Å². The Morgan fingerprint density at radius 2 is 2.13 bits per heavy atom. The van der Waals surface area contributed by atoms with Gasteiger partial charge in [-0.15, -0.1) is 11.8 Å². The fourth-order valence-electron chi connectivity index (χ4n) is 2.07. The highest BCUT2D eigenvalue weighted by atomic mass is 32.2. The minimum absolute atomic E-state index is 0.131. The number of pyridine rings is 1. The van der Waals surface area contributed by atoms with E-state index in [2.05, 4.69) is 10.3 Å². The molecule has 0 aliphatic carbocycles. The number of carbonyl (C=O) groups excluding carboxylic acids is 1. The Balaban J connectivity index is 1.95. The zero-order chi connectivity index (χ0) is 16.7. The van der Waals surface area contributed by atoms with Crippen LogP contribution in [0.5, 0.6) is 0 Å². The van der Waals surface area contributed by atoms with Crippen LogP contribution in [-0.4, -0.2) is 16.9 Å². The normalized spacial score (nSPS) is 13.3. The summed E-state index contributed by atoms with van der Waals surface area (Å²) in [6, 6.07) is 13.2. The van der Waals surface area contributed by atoms with E-state index in [0.717, 1.165) is 28.5 Å². The van der Waals surface area contributed by atoms with Gasteiger partial charge < -0.3 is 11.1 Å². The predicted molar refractivity (Wildman–Crippen MR) is 96.3 cm³/mol. The molecule has 0 aliphatic rings. The van der Waals surface area contributed by atoms with Gasteiger partial charge in [0.1, 0.15) is 0 Å². The number of thioether (sulfide) groups is 1. The molecule has 0 saturated carbocycles. The van der Waals surface area contributed by atoms with Gasteiger partial charge in [-0.3, -0.25) is 4.79 Å². The van der Waals surface area contributed by atoms with Gasteiger partial charge >= 0.3 is 0 Å². The maximum Gasteiger partial charge on any atom is 0.241 e. The maximum absolute atomic E-state index is 12.2. The van der Waals surface area contributed by atoms with Crippen molar-refractivity contribution in [1.29, 1.82) is 0 Å². The van der Waals surface area contributed by atoms with E-state index in [9.17, 15) is 4.79 Å². The van der Waals surface area contributed by atoms with Crippen LogP contribution in [0.4, 0.5) is 5.69 Å². The van der Waals surface area contributed by atoms with Crippen molar-refractivity contribution in [2.75, 3.05) is 5.32 Å². The summed E-state index contributed by atoms with van der Waals surface area (Å²) in [6.45, 7) is 4.03. The number of nitrogens with zero attached hydrogens (tertiary/aromatic N) is 1. The van der Waals surface area contributed by atoms with Crippen LogP contribution in [-0.2, 0) is 10.5 Å². The van der Waals surface area contributed by atoms with E-state index in [-0.39, 0.29) is 11.8 Å². The van der Waals surface area contributed by atoms with Gasteiger partial charge in [0, 0.05) is 17.6 Å². The lowest BCUT2D eigenvalue weighted by atomic mass is 9.99. The molecule has 2 atom stereocenters. The van der Waals surface area contributed by atoms with Crippen molar-refractivity contribution in [1.82, 2.24) is 4.98 Å². The molecule has 5 heteroatoms. The number of nitrogens with one attached hydrogen (secondary N) is 1. The molecule has 0 spiro atoms. The monoisotopic (exact) mass is 329 g/mol. The van der Waals surface area contributed by atoms with Gasteiger partial charge in [-0.05, 0) is 35.7 Å². The molecule has 2 unspecified atom stereocenters. The van der Waals surface area contributed by atoms with Crippen LogP contribution >= 0.6 is 11.8 Å². The summed E-state index contributed by atoms with van der Waals surface area (Å²) in [5.74, 6) is 0.838. The summed E-state index contributed by atoms with van der Waals surface area (Å²) in [6.07, 6.45) is 2.67. The Labute approximate surface area is 141 Å². The number of hydrogen-bond acceptors (Lipinski definition) is 4. The lowest BCUT2D eigenvalue weighted by Crippen LogP contribution is -2.40. The van der Waals surface area contributed by atoms with Crippen LogP contribution in [0.2, 0.25) is 0 Å². The molecule has 0 fully saturated rings. The zero-order valence-electron chi connectivity index (χ0n) is 13.5. The van der Waals surface area contributed by atoms with Gasteiger partial charge in [0.15, 0.2) is 0 Å². The van der Waals surface area contributed by atoms with Gasteiger partial charge in [-0.2, -0.15) is 0 Å². The van der Waals surface area contributed by atoms with Crippen molar-refractivity contribution in [2.45, 2.75) is 37.1 Å². The molecule has 4 nitrogen and oxygen atoms in total. The number of anilines is 1. The molecule has 3 N–H and O–H groups in total. The van der Waals surface area contributed by atoms with Crippen LogP contribution in [0, 0.1) is 5.92 Å². The summed E-state index contributed by atoms with van der Waals surface area (Å²) in [4.78, 5) is 16.4. The molecule has 0 radical (unpaired) electrons. The first kappa shape index (κ1) is 17.5. The summed E-state index contributed by atoms with van der Waals surface area (Å²) >= 11 is 1.67. The molecular weight excluding hydrogens is 306 g/mol. The van der Waals surface area contributed by atoms with E-state index in [4.69, 9.17) is 5.73 Å². The molecule has 1 amide bonds. The minimum atomic E-state index is -0.480. The number of rotatable bonds is 7. The van der Waals surface area contributed by atoms with Crippen LogP contribution in [0.1, 0.15) is 25.8 Å². The Hall–Kier alpha value is -1.85. The van der Waals surface area contributed by atoms with Crippen molar-refractivity contribution >= 4 is 23.4 Å². The van der Waals surface area contributed by atoms with E-state index >= 15 is 0 Å². The molecule has 1 aromatic carbocycles. The fourth-order valence-corrected chi connectivity index (χ4v) is 2.87. The first-order valence-electron chi connectivity index (χ1n) is 7.79. The highest BCUT2D eigenvalue weighted by Crippen LogP contribution is 2.22. The number of carbonyl (C=O) groups is 1. The van der Waals surface area contributed by atoms with Crippen LogP contribution in [0.15, 0.2) is 53.7 Å². The molecule has 2 rings (SSSR count). The second-order valence-electron chi connectivity index (χ2n) is 5.56. The minimum Gasteiger partial charge on any atom is -0.325 e. The van der Waals surface area contributed by atoms with E-state index in [1.165, 1.54) is 0 Å². The van der Waals surface area contributed by atoms with Crippen molar-refractivity contribution < 1.29 is 4.79 Å². The van der Waals surface area contributed by atoms with Gasteiger partial charge in [-0.25, -0.2) is 4.98 Å². The van der Waals surface area contributed by atoms with Gasteiger partial charge in [0.2, 0.25) is 5.91 Å². The standard InChI is InChI=1S/C18H23N3OS/c1-3-13(2)17(19)18(22)21-15-8-6-7-14(11-15)12-23-16-9-4-5-10-20-16/h4-11,13,17H,3,12,19H2,1-2H3,(H,21,22). The number of nitrogens with two attached hydrogens (primary N) is 1. The molecule has 0 saturated heterocycles. The van der Waals surface area contributed by atoms with Crippen LogP contribution in [0.3, 0.4) is 0 Å². The summed E-state index contributed by atoms with van der Waals surface area (Å²) in [5.41, 5.74) is 7.89. The fraction of sp³-hybridized carbons (Fsp3) is 0.333. The van der Waals surface area contributed by atoms with Gasteiger partial charge in [-0.1, -0.05) is 38.5 Å². The molecule has 0 bridgehead atoms. The van der Waals surface area contributed by atoms with Crippen molar-refractivity contribution in [3.63, 3.8) is 0 Å². The third-order valence-corrected chi connectivity index (χ3v) is 4.79. The zero-order valence-corrected chi connectivity index (χ0v) is 14.3. The van der Waals surface area contributed by atoms with Gasteiger partial charge in [0.05, 0.1) is 11.1 Å². The highest BCUT2D eigenvalue weighted by molar-refractivity contribution is 7.98. The van der Waals surface area contributed by atoms with Crippen molar-refractivity contribution in [2.24, 2.45) is 11.7 Å². The number of amides is 1. The first-order valence-corrected chi connectivity index (χ1v) is 8.78. The highest BCUT2D eigenvalue weighted by Gasteiger charge is 2.19. The maximum atomic E-state index is 12.2. The Kier molecular flexibility index (Phi) is 6.62.